The van der Waals surface area contributed by atoms with E-state index < -0.39 is 5.97 Å². The zero-order valence-electron chi connectivity index (χ0n) is 14.3. The minimum atomic E-state index is -0.488. The quantitative estimate of drug-likeness (QED) is 0.658. The molecule has 0 radical (unpaired) electrons. The summed E-state index contributed by atoms with van der Waals surface area (Å²) in [5.74, 6) is -0.488. The molecule has 3 rings (SSSR count). The average Bonchev–Trinajstić information content (AvgIpc) is 2.96. The summed E-state index contributed by atoms with van der Waals surface area (Å²) in [6, 6.07) is 13.2. The number of benzene rings is 2. The minimum Gasteiger partial charge on any atom is -0.456 e. The van der Waals surface area contributed by atoms with Gasteiger partial charge in [0.15, 0.2) is 5.69 Å². The van der Waals surface area contributed by atoms with Crippen molar-refractivity contribution in [1.29, 1.82) is 0 Å². The number of halogens is 1. The van der Waals surface area contributed by atoms with Crippen molar-refractivity contribution in [1.82, 2.24) is 15.0 Å². The van der Waals surface area contributed by atoms with Gasteiger partial charge in [-0.05, 0) is 56.2 Å². The van der Waals surface area contributed by atoms with Gasteiger partial charge in [0.25, 0.3) is 0 Å². The van der Waals surface area contributed by atoms with Crippen LogP contribution in [0.25, 0.3) is 5.69 Å². The topological polar surface area (TPSA) is 57.0 Å². The van der Waals surface area contributed by atoms with Crippen molar-refractivity contribution in [2.45, 2.75) is 27.4 Å². The molecule has 2 aromatic carbocycles. The van der Waals surface area contributed by atoms with E-state index in [0.29, 0.717) is 10.7 Å². The molecule has 0 amide bonds. The summed E-state index contributed by atoms with van der Waals surface area (Å²) in [5, 5.41) is 8.65. The second-order valence-electron chi connectivity index (χ2n) is 5.92. The summed E-state index contributed by atoms with van der Waals surface area (Å²) >= 11 is 5.90. The average molecular weight is 356 g/mol. The summed E-state index contributed by atoms with van der Waals surface area (Å²) in [4.78, 5) is 12.4. The van der Waals surface area contributed by atoms with Crippen LogP contribution in [0.1, 0.15) is 32.9 Å². The van der Waals surface area contributed by atoms with Crippen LogP contribution in [0.2, 0.25) is 5.02 Å². The fourth-order valence-corrected chi connectivity index (χ4v) is 2.69. The Morgan fingerprint density at radius 2 is 1.84 bits per heavy atom. The number of rotatable bonds is 4. The summed E-state index contributed by atoms with van der Waals surface area (Å²) in [7, 11) is 0. The predicted octanol–water partition coefficient (Wildman–Crippen LogP) is 4.20. The number of aromatic nitrogens is 3. The Morgan fingerprint density at radius 3 is 2.52 bits per heavy atom. The van der Waals surface area contributed by atoms with Crippen LogP contribution in [-0.4, -0.2) is 21.0 Å². The molecule has 0 aliphatic carbocycles. The molecular formula is C19H18ClN3O2. The third-order valence-corrected chi connectivity index (χ3v) is 4.27. The zero-order valence-corrected chi connectivity index (χ0v) is 15.0. The van der Waals surface area contributed by atoms with Crippen molar-refractivity contribution in [2.24, 2.45) is 0 Å². The number of hydrogen-bond acceptors (Lipinski definition) is 4. The smallest absolute Gasteiger partial charge is 0.361 e. The number of nitrogens with zero attached hydrogens (tertiary/aromatic N) is 3. The molecule has 0 N–H and O–H groups in total. The van der Waals surface area contributed by atoms with E-state index in [1.54, 1.807) is 23.7 Å². The van der Waals surface area contributed by atoms with Crippen molar-refractivity contribution < 1.29 is 9.53 Å². The molecule has 128 valence electrons. The Morgan fingerprint density at radius 1 is 1.12 bits per heavy atom. The molecule has 0 fully saturated rings. The van der Waals surface area contributed by atoms with E-state index in [2.05, 4.69) is 16.4 Å². The van der Waals surface area contributed by atoms with Crippen molar-refractivity contribution in [3.05, 3.63) is 75.6 Å². The predicted molar refractivity (Wildman–Crippen MR) is 96.1 cm³/mol. The maximum absolute atomic E-state index is 12.4. The number of carbonyl (C=O) groups excluding carboxylic acids is 1. The first-order valence-corrected chi connectivity index (χ1v) is 8.25. The molecule has 1 heterocycles. The highest BCUT2D eigenvalue weighted by atomic mass is 35.5. The van der Waals surface area contributed by atoms with Gasteiger partial charge in [-0.15, -0.1) is 5.10 Å². The van der Waals surface area contributed by atoms with E-state index in [0.717, 1.165) is 16.8 Å². The van der Waals surface area contributed by atoms with E-state index in [4.69, 9.17) is 16.3 Å². The third kappa shape index (κ3) is 3.72. The molecule has 1 aromatic heterocycles. The minimum absolute atomic E-state index is 0.207. The number of hydrogen-bond donors (Lipinski definition) is 0. The van der Waals surface area contributed by atoms with E-state index in [1.807, 2.05) is 38.1 Å². The molecule has 0 aliphatic heterocycles. The normalized spacial score (nSPS) is 10.7. The summed E-state index contributed by atoms with van der Waals surface area (Å²) in [5.41, 5.74) is 4.85. The van der Waals surface area contributed by atoms with E-state index in [9.17, 15) is 4.79 Å². The molecule has 25 heavy (non-hydrogen) atoms. The van der Waals surface area contributed by atoms with Gasteiger partial charge >= 0.3 is 5.97 Å². The Bertz CT molecular complexity index is 917. The lowest BCUT2D eigenvalue weighted by Crippen LogP contribution is -2.09. The monoisotopic (exact) mass is 355 g/mol. The van der Waals surface area contributed by atoms with Gasteiger partial charge in [0.1, 0.15) is 6.61 Å². The van der Waals surface area contributed by atoms with Crippen molar-refractivity contribution in [3.63, 3.8) is 0 Å². The van der Waals surface area contributed by atoms with Gasteiger partial charge in [-0.25, -0.2) is 9.48 Å². The lowest BCUT2D eigenvalue weighted by Gasteiger charge is -2.08. The fraction of sp³-hybridized carbons (Fsp3) is 0.211. The lowest BCUT2D eigenvalue weighted by molar-refractivity contribution is 0.0464. The molecule has 0 bridgehead atoms. The fourth-order valence-electron chi connectivity index (χ4n) is 2.56. The molecule has 0 aliphatic rings. The second kappa shape index (κ2) is 7.07. The van der Waals surface area contributed by atoms with Gasteiger partial charge in [-0.3, -0.25) is 0 Å². The Labute approximate surface area is 151 Å². The summed E-state index contributed by atoms with van der Waals surface area (Å²) in [6.45, 7) is 6.01. The Hall–Kier alpha value is -2.66. The lowest BCUT2D eigenvalue weighted by atomic mass is 10.1. The molecule has 0 unspecified atom stereocenters. The first kappa shape index (κ1) is 17.2. The van der Waals surface area contributed by atoms with E-state index >= 15 is 0 Å². The highest BCUT2D eigenvalue weighted by Crippen LogP contribution is 2.17. The third-order valence-electron chi connectivity index (χ3n) is 4.02. The SMILES string of the molecule is Cc1ccc(COC(=O)c2nnn(-c3ccc(Cl)cc3)c2C)c(C)c1. The van der Waals surface area contributed by atoms with Crippen LogP contribution in [-0.2, 0) is 11.3 Å². The van der Waals surface area contributed by atoms with Gasteiger partial charge in [-0.1, -0.05) is 40.6 Å². The van der Waals surface area contributed by atoms with Crippen LogP contribution in [0.4, 0.5) is 0 Å². The standard InChI is InChI=1S/C19H18ClN3O2/c1-12-4-5-15(13(2)10-12)11-25-19(24)18-14(3)23(22-21-18)17-8-6-16(20)7-9-17/h4-10H,11H2,1-3H3. The molecule has 3 aromatic rings. The largest absolute Gasteiger partial charge is 0.456 e. The Balaban J connectivity index is 1.75. The molecule has 0 saturated heterocycles. The van der Waals surface area contributed by atoms with E-state index in [1.165, 1.54) is 5.56 Å². The molecule has 5 nitrogen and oxygen atoms in total. The van der Waals surface area contributed by atoms with Gasteiger partial charge in [0, 0.05) is 5.02 Å². The highest BCUT2D eigenvalue weighted by molar-refractivity contribution is 6.30. The van der Waals surface area contributed by atoms with Crippen molar-refractivity contribution >= 4 is 17.6 Å². The molecule has 0 saturated carbocycles. The van der Waals surface area contributed by atoms with E-state index in [-0.39, 0.29) is 12.3 Å². The molecule has 6 heteroatoms. The molecular weight excluding hydrogens is 338 g/mol. The zero-order chi connectivity index (χ0) is 18.0. The van der Waals surface area contributed by atoms with Crippen molar-refractivity contribution in [3.8, 4) is 5.69 Å². The van der Waals surface area contributed by atoms with Crippen LogP contribution < -0.4 is 0 Å². The molecule has 0 spiro atoms. The Kier molecular flexibility index (Phi) is 4.86. The van der Waals surface area contributed by atoms with Crippen LogP contribution in [0.5, 0.6) is 0 Å². The van der Waals surface area contributed by atoms with Crippen molar-refractivity contribution in [2.75, 3.05) is 0 Å². The second-order valence-corrected chi connectivity index (χ2v) is 6.35. The van der Waals surface area contributed by atoms with Crippen LogP contribution >= 0.6 is 11.6 Å². The molecule has 0 atom stereocenters. The number of carbonyl (C=O) groups is 1. The summed E-state index contributed by atoms with van der Waals surface area (Å²) in [6.07, 6.45) is 0. The van der Waals surface area contributed by atoms with Crippen LogP contribution in [0.3, 0.4) is 0 Å². The first-order valence-electron chi connectivity index (χ1n) is 7.87. The van der Waals surface area contributed by atoms with Gasteiger partial charge in [0.05, 0.1) is 11.4 Å². The number of ether oxygens (including phenoxy) is 1. The van der Waals surface area contributed by atoms with Gasteiger partial charge < -0.3 is 4.74 Å². The van der Waals surface area contributed by atoms with Gasteiger partial charge in [0.2, 0.25) is 0 Å². The number of esters is 1. The maximum atomic E-state index is 12.4. The van der Waals surface area contributed by atoms with Crippen LogP contribution in [0.15, 0.2) is 42.5 Å². The van der Waals surface area contributed by atoms with Crippen LogP contribution in [0, 0.1) is 20.8 Å². The number of aryl methyl sites for hydroxylation is 2. The first-order chi connectivity index (χ1) is 12.0. The maximum Gasteiger partial charge on any atom is 0.361 e. The van der Waals surface area contributed by atoms with Gasteiger partial charge in [-0.2, -0.15) is 0 Å². The summed E-state index contributed by atoms with van der Waals surface area (Å²) < 4.78 is 7.00. The highest BCUT2D eigenvalue weighted by Gasteiger charge is 2.19.